The maximum atomic E-state index is 12.6. The van der Waals surface area contributed by atoms with Crippen molar-refractivity contribution >= 4 is 10.0 Å². The zero-order valence-electron chi connectivity index (χ0n) is 13.3. The Hall–Kier alpha value is -1.31. The molecule has 120 valence electrons. The van der Waals surface area contributed by atoms with Gasteiger partial charge < -0.3 is 14.8 Å². The number of ether oxygens (including phenoxy) is 2. The number of benzene rings is 1. The van der Waals surface area contributed by atoms with Gasteiger partial charge in [0, 0.05) is 31.3 Å². The van der Waals surface area contributed by atoms with Crippen molar-refractivity contribution in [2.24, 2.45) is 0 Å². The molecule has 0 spiro atoms. The van der Waals surface area contributed by atoms with E-state index in [0.717, 1.165) is 5.56 Å². The Bertz CT molecular complexity index is 569. The average Bonchev–Trinajstić information content (AvgIpc) is 2.47. The van der Waals surface area contributed by atoms with Gasteiger partial charge in [0.15, 0.2) is 11.5 Å². The molecule has 1 rings (SSSR count). The molecule has 0 amide bonds. The van der Waals surface area contributed by atoms with Crippen molar-refractivity contribution < 1.29 is 17.9 Å². The molecule has 0 atom stereocenters. The second-order valence-corrected chi connectivity index (χ2v) is 6.38. The van der Waals surface area contributed by atoms with Crippen molar-refractivity contribution in [2.45, 2.75) is 25.3 Å². The van der Waals surface area contributed by atoms with E-state index in [0.29, 0.717) is 31.1 Å². The number of rotatable bonds is 8. The monoisotopic (exact) mass is 316 g/mol. The predicted molar refractivity (Wildman–Crippen MR) is 82.4 cm³/mol. The molecule has 0 fully saturated rings. The quantitative estimate of drug-likeness (QED) is 0.786. The summed E-state index contributed by atoms with van der Waals surface area (Å²) in [4.78, 5) is 0.217. The van der Waals surface area contributed by atoms with E-state index < -0.39 is 10.0 Å². The highest BCUT2D eigenvalue weighted by Crippen LogP contribution is 2.35. The Morgan fingerprint density at radius 1 is 1.14 bits per heavy atom. The van der Waals surface area contributed by atoms with Gasteiger partial charge in [-0.25, -0.2) is 8.42 Å². The Kier molecular flexibility index (Phi) is 6.44. The second-order valence-electron chi connectivity index (χ2n) is 4.44. The molecular formula is C14H24N2O4S. The molecule has 1 N–H and O–H groups in total. The van der Waals surface area contributed by atoms with Crippen LogP contribution in [0.25, 0.3) is 0 Å². The Morgan fingerprint density at radius 3 is 2.19 bits per heavy atom. The summed E-state index contributed by atoms with van der Waals surface area (Å²) < 4.78 is 37.3. The standard InChI is InChI=1S/C14H24N2O4S/c1-6-16(7-2)21(17,18)12-8-11(10-15-3)14(20-5)13(9-12)19-4/h8-9,15H,6-7,10H2,1-5H3. The maximum absolute atomic E-state index is 12.6. The van der Waals surface area contributed by atoms with E-state index in [4.69, 9.17) is 9.47 Å². The summed E-state index contributed by atoms with van der Waals surface area (Å²) in [5.41, 5.74) is 0.741. The lowest BCUT2D eigenvalue weighted by Crippen LogP contribution is -2.30. The van der Waals surface area contributed by atoms with Gasteiger partial charge in [-0.3, -0.25) is 0 Å². The molecule has 0 saturated heterocycles. The normalized spacial score (nSPS) is 11.7. The average molecular weight is 316 g/mol. The number of hydrogen-bond acceptors (Lipinski definition) is 5. The van der Waals surface area contributed by atoms with Crippen molar-refractivity contribution in [3.63, 3.8) is 0 Å². The molecule has 1 aromatic carbocycles. The van der Waals surface area contributed by atoms with Crippen LogP contribution in [0, 0.1) is 0 Å². The molecule has 0 aliphatic rings. The Labute approximate surface area is 127 Å². The van der Waals surface area contributed by atoms with Crippen LogP contribution < -0.4 is 14.8 Å². The van der Waals surface area contributed by atoms with Crippen molar-refractivity contribution in [2.75, 3.05) is 34.4 Å². The van der Waals surface area contributed by atoms with Gasteiger partial charge in [-0.1, -0.05) is 13.8 Å². The highest BCUT2D eigenvalue weighted by molar-refractivity contribution is 7.89. The maximum Gasteiger partial charge on any atom is 0.243 e. The van der Waals surface area contributed by atoms with Crippen molar-refractivity contribution in [3.8, 4) is 11.5 Å². The molecule has 0 aliphatic carbocycles. The third-order valence-electron chi connectivity index (χ3n) is 3.24. The van der Waals surface area contributed by atoms with Gasteiger partial charge in [-0.2, -0.15) is 4.31 Å². The zero-order chi connectivity index (χ0) is 16.0. The minimum Gasteiger partial charge on any atom is -0.493 e. The summed E-state index contributed by atoms with van der Waals surface area (Å²) in [6.07, 6.45) is 0. The smallest absolute Gasteiger partial charge is 0.243 e. The van der Waals surface area contributed by atoms with Crippen molar-refractivity contribution in [3.05, 3.63) is 17.7 Å². The highest BCUT2D eigenvalue weighted by Gasteiger charge is 2.25. The lowest BCUT2D eigenvalue weighted by molar-refractivity contribution is 0.349. The van der Waals surface area contributed by atoms with Gasteiger partial charge in [0.1, 0.15) is 0 Å². The molecule has 7 heteroatoms. The van der Waals surface area contributed by atoms with Gasteiger partial charge in [0.2, 0.25) is 10.0 Å². The fourth-order valence-corrected chi connectivity index (χ4v) is 3.72. The third-order valence-corrected chi connectivity index (χ3v) is 5.27. The SMILES string of the molecule is CCN(CC)S(=O)(=O)c1cc(CNC)c(OC)c(OC)c1. The summed E-state index contributed by atoms with van der Waals surface area (Å²) in [6, 6.07) is 3.14. The molecule has 0 unspecified atom stereocenters. The van der Waals surface area contributed by atoms with Crippen LogP contribution in [0.2, 0.25) is 0 Å². The second kappa shape index (κ2) is 7.63. The largest absolute Gasteiger partial charge is 0.493 e. The van der Waals surface area contributed by atoms with E-state index in [9.17, 15) is 8.42 Å². The molecule has 1 aromatic rings. The van der Waals surface area contributed by atoms with Gasteiger partial charge in [0.05, 0.1) is 19.1 Å². The molecule has 0 heterocycles. The number of hydrogen-bond donors (Lipinski definition) is 1. The number of sulfonamides is 1. The molecule has 6 nitrogen and oxygen atoms in total. The van der Waals surface area contributed by atoms with Crippen LogP contribution in [0.3, 0.4) is 0 Å². The Balaban J connectivity index is 3.47. The first-order valence-electron chi connectivity index (χ1n) is 6.85. The number of methoxy groups -OCH3 is 2. The first-order chi connectivity index (χ1) is 9.95. The topological polar surface area (TPSA) is 67.9 Å². The molecule has 0 aliphatic heterocycles. The van der Waals surface area contributed by atoms with Gasteiger partial charge in [-0.05, 0) is 13.1 Å². The van der Waals surface area contributed by atoms with Crippen LogP contribution in [0.5, 0.6) is 11.5 Å². The minimum atomic E-state index is -3.53. The lowest BCUT2D eigenvalue weighted by atomic mass is 10.2. The van der Waals surface area contributed by atoms with Gasteiger partial charge in [-0.15, -0.1) is 0 Å². The van der Waals surface area contributed by atoms with E-state index in [2.05, 4.69) is 5.32 Å². The van der Waals surface area contributed by atoms with Crippen LogP contribution >= 0.6 is 0 Å². The predicted octanol–water partition coefficient (Wildman–Crippen LogP) is 1.45. The minimum absolute atomic E-state index is 0.217. The van der Waals surface area contributed by atoms with Crippen LogP contribution in [0.4, 0.5) is 0 Å². The number of nitrogens with zero attached hydrogens (tertiary/aromatic N) is 1. The van der Waals surface area contributed by atoms with Crippen molar-refractivity contribution in [1.29, 1.82) is 0 Å². The van der Waals surface area contributed by atoms with E-state index in [-0.39, 0.29) is 4.90 Å². The van der Waals surface area contributed by atoms with Crippen LogP contribution in [-0.4, -0.2) is 47.1 Å². The molecule has 0 radical (unpaired) electrons. The summed E-state index contributed by atoms with van der Waals surface area (Å²) in [7, 11) is 1.29. The van der Waals surface area contributed by atoms with Crippen LogP contribution in [0.1, 0.15) is 19.4 Å². The van der Waals surface area contributed by atoms with Crippen LogP contribution in [0.15, 0.2) is 17.0 Å². The van der Waals surface area contributed by atoms with Gasteiger partial charge >= 0.3 is 0 Å². The molecule has 0 aromatic heterocycles. The summed E-state index contributed by atoms with van der Waals surface area (Å²) in [5, 5.41) is 3.00. The first-order valence-corrected chi connectivity index (χ1v) is 8.29. The molecule has 21 heavy (non-hydrogen) atoms. The summed E-state index contributed by atoms with van der Waals surface area (Å²) >= 11 is 0. The fourth-order valence-electron chi connectivity index (χ4n) is 2.20. The first kappa shape index (κ1) is 17.7. The lowest BCUT2D eigenvalue weighted by Gasteiger charge is -2.21. The summed E-state index contributed by atoms with van der Waals surface area (Å²) in [5.74, 6) is 0.960. The third kappa shape index (κ3) is 3.66. The fraction of sp³-hybridized carbons (Fsp3) is 0.571. The van der Waals surface area contributed by atoms with Crippen LogP contribution in [-0.2, 0) is 16.6 Å². The van der Waals surface area contributed by atoms with Gasteiger partial charge in [0.25, 0.3) is 0 Å². The molecule has 0 saturated carbocycles. The zero-order valence-corrected chi connectivity index (χ0v) is 14.1. The van der Waals surface area contributed by atoms with Crippen molar-refractivity contribution in [1.82, 2.24) is 9.62 Å². The van der Waals surface area contributed by atoms with E-state index >= 15 is 0 Å². The van der Waals surface area contributed by atoms with E-state index in [1.54, 1.807) is 13.1 Å². The number of nitrogens with one attached hydrogen (secondary N) is 1. The highest BCUT2D eigenvalue weighted by atomic mass is 32.2. The molecule has 0 bridgehead atoms. The molecular weight excluding hydrogens is 292 g/mol. The summed E-state index contributed by atoms with van der Waals surface area (Å²) in [6.45, 7) is 4.97. The van der Waals surface area contributed by atoms with E-state index in [1.165, 1.54) is 24.6 Å². The Morgan fingerprint density at radius 2 is 1.76 bits per heavy atom. The van der Waals surface area contributed by atoms with E-state index in [1.807, 2.05) is 13.8 Å².